The number of hydrogen-bond acceptors (Lipinski definition) is 3. The highest BCUT2D eigenvalue weighted by Gasteiger charge is 2.38. The molecule has 1 aliphatic rings. The van der Waals surface area contributed by atoms with Crippen LogP contribution in [-0.4, -0.2) is 6.61 Å². The highest BCUT2D eigenvalue weighted by molar-refractivity contribution is 9.10. The Morgan fingerprint density at radius 2 is 1.90 bits per heavy atom. The van der Waals surface area contributed by atoms with Crippen molar-refractivity contribution >= 4 is 21.6 Å². The van der Waals surface area contributed by atoms with Gasteiger partial charge in [0, 0.05) is 22.1 Å². The predicted molar refractivity (Wildman–Crippen MR) is 81.6 cm³/mol. The van der Waals surface area contributed by atoms with Crippen LogP contribution in [0.5, 0.6) is 5.75 Å². The minimum absolute atomic E-state index is 0.530. The molecule has 0 saturated heterocycles. The van der Waals surface area contributed by atoms with Gasteiger partial charge in [0.15, 0.2) is 5.54 Å². The quantitative estimate of drug-likeness (QED) is 0.904. The number of rotatable bonds is 2. The van der Waals surface area contributed by atoms with Crippen molar-refractivity contribution in [2.75, 3.05) is 11.9 Å². The summed E-state index contributed by atoms with van der Waals surface area (Å²) < 4.78 is 6.59. The lowest BCUT2D eigenvalue weighted by atomic mass is 9.85. The summed E-state index contributed by atoms with van der Waals surface area (Å²) in [6.07, 6.45) is 0.613. The van der Waals surface area contributed by atoms with Crippen molar-refractivity contribution in [1.29, 1.82) is 5.26 Å². The van der Waals surface area contributed by atoms with Gasteiger partial charge in [0.2, 0.25) is 0 Å². The van der Waals surface area contributed by atoms with Crippen LogP contribution < -0.4 is 10.1 Å². The van der Waals surface area contributed by atoms with E-state index in [9.17, 15) is 5.26 Å². The van der Waals surface area contributed by atoms with E-state index in [0.717, 1.165) is 21.5 Å². The van der Waals surface area contributed by atoms with Gasteiger partial charge >= 0.3 is 0 Å². The van der Waals surface area contributed by atoms with Gasteiger partial charge in [-0.1, -0.05) is 30.3 Å². The Balaban J connectivity index is 2.06. The lowest BCUT2D eigenvalue weighted by Gasteiger charge is -2.34. The maximum absolute atomic E-state index is 9.76. The highest BCUT2D eigenvalue weighted by Crippen LogP contribution is 2.40. The van der Waals surface area contributed by atoms with Crippen LogP contribution in [0.3, 0.4) is 0 Å². The molecule has 0 radical (unpaired) electrons. The summed E-state index contributed by atoms with van der Waals surface area (Å²) in [5.74, 6) is 0.778. The van der Waals surface area contributed by atoms with Gasteiger partial charge in [-0.15, -0.1) is 0 Å². The van der Waals surface area contributed by atoms with Crippen LogP contribution in [0.2, 0.25) is 0 Å². The smallest absolute Gasteiger partial charge is 0.157 e. The Morgan fingerprint density at radius 3 is 2.70 bits per heavy atom. The minimum atomic E-state index is -0.751. The van der Waals surface area contributed by atoms with Crippen molar-refractivity contribution in [3.8, 4) is 11.8 Å². The fourth-order valence-electron chi connectivity index (χ4n) is 2.46. The van der Waals surface area contributed by atoms with Gasteiger partial charge in [0.25, 0.3) is 0 Å². The Hall–Kier alpha value is -1.99. The molecule has 0 aromatic heterocycles. The first-order chi connectivity index (χ1) is 9.75. The second-order valence-corrected chi connectivity index (χ2v) is 5.57. The SMILES string of the molecule is N#CC1(Nc2ccccc2Br)CCOc2ccccc21. The standard InChI is InChI=1S/C16H13BrN2O/c17-13-6-2-3-7-14(13)19-16(11-18)9-10-20-15-8-4-1-5-12(15)16/h1-8,19H,9-10H2. The summed E-state index contributed by atoms with van der Waals surface area (Å²) >= 11 is 3.51. The second-order valence-electron chi connectivity index (χ2n) is 4.72. The molecule has 3 rings (SSSR count). The van der Waals surface area contributed by atoms with Crippen molar-refractivity contribution in [3.05, 3.63) is 58.6 Å². The van der Waals surface area contributed by atoms with Gasteiger partial charge in [0.1, 0.15) is 5.75 Å². The maximum atomic E-state index is 9.76. The van der Waals surface area contributed by atoms with Crippen LogP contribution in [0.25, 0.3) is 0 Å². The van der Waals surface area contributed by atoms with E-state index in [2.05, 4.69) is 27.3 Å². The summed E-state index contributed by atoms with van der Waals surface area (Å²) in [5.41, 5.74) is 1.05. The molecule has 1 aliphatic heterocycles. The first kappa shape index (κ1) is 13.0. The Labute approximate surface area is 126 Å². The van der Waals surface area contributed by atoms with Crippen LogP contribution in [0.4, 0.5) is 5.69 Å². The summed E-state index contributed by atoms with van der Waals surface area (Å²) in [6.45, 7) is 0.530. The fourth-order valence-corrected chi connectivity index (χ4v) is 2.84. The van der Waals surface area contributed by atoms with Crippen LogP contribution in [0.15, 0.2) is 53.0 Å². The monoisotopic (exact) mass is 328 g/mol. The lowest BCUT2D eigenvalue weighted by molar-refractivity contribution is 0.253. The molecule has 0 amide bonds. The van der Waals surface area contributed by atoms with Gasteiger partial charge in [0.05, 0.1) is 12.7 Å². The molecule has 1 atom stereocenters. The fraction of sp³-hybridized carbons (Fsp3) is 0.188. The van der Waals surface area contributed by atoms with Crippen LogP contribution in [0.1, 0.15) is 12.0 Å². The van der Waals surface area contributed by atoms with Gasteiger partial charge < -0.3 is 10.1 Å². The van der Waals surface area contributed by atoms with E-state index in [1.165, 1.54) is 0 Å². The van der Waals surface area contributed by atoms with E-state index in [0.29, 0.717) is 13.0 Å². The van der Waals surface area contributed by atoms with Crippen LogP contribution in [0, 0.1) is 11.3 Å². The van der Waals surface area contributed by atoms with Crippen LogP contribution in [-0.2, 0) is 5.54 Å². The van der Waals surface area contributed by atoms with Gasteiger partial charge in [-0.05, 0) is 34.1 Å². The van der Waals surface area contributed by atoms with Crippen LogP contribution >= 0.6 is 15.9 Å². The van der Waals surface area contributed by atoms with Gasteiger partial charge in [-0.3, -0.25) is 0 Å². The maximum Gasteiger partial charge on any atom is 0.157 e. The minimum Gasteiger partial charge on any atom is -0.493 e. The lowest BCUT2D eigenvalue weighted by Crippen LogP contribution is -2.39. The Morgan fingerprint density at radius 1 is 1.15 bits per heavy atom. The molecule has 0 spiro atoms. The molecule has 0 bridgehead atoms. The molecule has 4 heteroatoms. The first-order valence-electron chi connectivity index (χ1n) is 6.41. The number of ether oxygens (including phenoxy) is 1. The van der Waals surface area contributed by atoms with E-state index >= 15 is 0 Å². The van der Waals surface area contributed by atoms with E-state index in [4.69, 9.17) is 4.74 Å². The summed E-state index contributed by atoms with van der Waals surface area (Å²) in [7, 11) is 0. The van der Waals surface area contributed by atoms with E-state index in [-0.39, 0.29) is 0 Å². The summed E-state index contributed by atoms with van der Waals surface area (Å²) in [5, 5.41) is 13.1. The highest BCUT2D eigenvalue weighted by atomic mass is 79.9. The molecule has 2 aromatic rings. The molecule has 1 N–H and O–H groups in total. The average Bonchev–Trinajstić information content (AvgIpc) is 2.50. The number of anilines is 1. The molecule has 2 aromatic carbocycles. The normalized spacial score (nSPS) is 20.4. The Kier molecular flexibility index (Phi) is 3.37. The van der Waals surface area contributed by atoms with Crippen molar-refractivity contribution in [2.45, 2.75) is 12.0 Å². The number of nitrogens with zero attached hydrogens (tertiary/aromatic N) is 1. The summed E-state index contributed by atoms with van der Waals surface area (Å²) in [6, 6.07) is 18.0. The molecule has 0 saturated carbocycles. The molecule has 100 valence electrons. The Bertz CT molecular complexity index is 680. The zero-order chi connectivity index (χ0) is 14.0. The number of benzene rings is 2. The zero-order valence-electron chi connectivity index (χ0n) is 10.8. The molecule has 20 heavy (non-hydrogen) atoms. The molecule has 0 fully saturated rings. The molecule has 0 aliphatic carbocycles. The van der Waals surface area contributed by atoms with E-state index in [1.54, 1.807) is 0 Å². The number of para-hydroxylation sites is 2. The number of fused-ring (bicyclic) bond motifs is 1. The topological polar surface area (TPSA) is 45.0 Å². The first-order valence-corrected chi connectivity index (χ1v) is 7.21. The third kappa shape index (κ3) is 2.14. The number of hydrogen-bond donors (Lipinski definition) is 1. The number of halogens is 1. The van der Waals surface area contributed by atoms with Crippen molar-refractivity contribution < 1.29 is 4.74 Å². The number of nitrogens with one attached hydrogen (secondary N) is 1. The third-order valence-corrected chi connectivity index (χ3v) is 4.19. The average molecular weight is 329 g/mol. The van der Waals surface area contributed by atoms with Gasteiger partial charge in [-0.2, -0.15) is 5.26 Å². The van der Waals surface area contributed by atoms with E-state index < -0.39 is 5.54 Å². The molecule has 3 nitrogen and oxygen atoms in total. The van der Waals surface area contributed by atoms with E-state index in [1.807, 2.05) is 48.5 Å². The zero-order valence-corrected chi connectivity index (χ0v) is 12.4. The molecule has 1 unspecified atom stereocenters. The summed E-state index contributed by atoms with van der Waals surface area (Å²) in [4.78, 5) is 0. The third-order valence-electron chi connectivity index (χ3n) is 3.49. The molecular weight excluding hydrogens is 316 g/mol. The number of nitriles is 1. The van der Waals surface area contributed by atoms with Gasteiger partial charge in [-0.25, -0.2) is 0 Å². The van der Waals surface area contributed by atoms with Crippen molar-refractivity contribution in [2.24, 2.45) is 0 Å². The van der Waals surface area contributed by atoms with Crippen molar-refractivity contribution in [3.63, 3.8) is 0 Å². The second kappa shape index (κ2) is 5.18. The predicted octanol–water partition coefficient (Wildman–Crippen LogP) is 4.06. The largest absolute Gasteiger partial charge is 0.493 e. The molecule has 1 heterocycles. The molecular formula is C16H13BrN2O. The van der Waals surface area contributed by atoms with Crippen molar-refractivity contribution in [1.82, 2.24) is 0 Å².